The van der Waals surface area contributed by atoms with E-state index in [9.17, 15) is 4.79 Å². The van der Waals surface area contributed by atoms with E-state index in [2.05, 4.69) is 41.2 Å². The first kappa shape index (κ1) is 17.7. The summed E-state index contributed by atoms with van der Waals surface area (Å²) in [4.78, 5) is 17.3. The zero-order chi connectivity index (χ0) is 16.5. The van der Waals surface area contributed by atoms with Crippen molar-refractivity contribution < 1.29 is 9.32 Å². The molecule has 1 aromatic rings. The van der Waals surface area contributed by atoms with E-state index in [0.717, 1.165) is 11.5 Å². The molecule has 0 aliphatic carbocycles. The van der Waals surface area contributed by atoms with Gasteiger partial charge < -0.3 is 20.1 Å². The Morgan fingerprint density at radius 3 is 2.77 bits per heavy atom. The van der Waals surface area contributed by atoms with Gasteiger partial charge in [0.25, 0.3) is 0 Å². The number of hydrogen-bond donors (Lipinski definition) is 2. The number of likely N-dealkylation sites (N-methyl/N-ethyl adjacent to an activating group) is 1. The molecule has 1 aromatic heterocycles. The lowest BCUT2D eigenvalue weighted by Gasteiger charge is -2.11. The van der Waals surface area contributed by atoms with Gasteiger partial charge in [-0.3, -0.25) is 4.79 Å². The van der Waals surface area contributed by atoms with Crippen molar-refractivity contribution in [3.63, 3.8) is 0 Å². The normalized spacial score (nSPS) is 11.4. The van der Waals surface area contributed by atoms with Gasteiger partial charge in [-0.1, -0.05) is 25.1 Å². The fourth-order valence-corrected chi connectivity index (χ4v) is 1.49. The van der Waals surface area contributed by atoms with E-state index in [1.807, 2.05) is 6.07 Å². The summed E-state index contributed by atoms with van der Waals surface area (Å²) < 4.78 is 5.25. The van der Waals surface area contributed by atoms with Crippen molar-refractivity contribution in [1.82, 2.24) is 20.7 Å². The minimum atomic E-state index is -0.0681. The second-order valence-electron chi connectivity index (χ2n) is 5.35. The van der Waals surface area contributed by atoms with Gasteiger partial charge in [0, 0.05) is 26.7 Å². The van der Waals surface area contributed by atoms with Gasteiger partial charge in [-0.05, 0) is 5.92 Å². The molecule has 0 fully saturated rings. The average Bonchev–Trinajstić information content (AvgIpc) is 2.95. The van der Waals surface area contributed by atoms with E-state index in [-0.39, 0.29) is 12.5 Å². The molecule has 0 saturated carbocycles. The van der Waals surface area contributed by atoms with Crippen LogP contribution in [0.2, 0.25) is 0 Å². The number of carbonyl (C=O) groups is 1. The molecule has 1 heterocycles. The van der Waals surface area contributed by atoms with Crippen molar-refractivity contribution in [3.8, 4) is 0 Å². The quantitative estimate of drug-likeness (QED) is 0.448. The predicted octanol–water partition coefficient (Wildman–Crippen LogP) is 1.11. The van der Waals surface area contributed by atoms with Crippen molar-refractivity contribution in [2.75, 3.05) is 27.2 Å². The lowest BCUT2D eigenvalue weighted by Crippen LogP contribution is -2.38. The Balaban J connectivity index is 2.61. The number of amides is 1. The minimum Gasteiger partial charge on any atom is -0.359 e. The number of carbonyl (C=O) groups excluding carboxylic acids is 1. The third kappa shape index (κ3) is 5.99. The fourth-order valence-electron chi connectivity index (χ4n) is 1.49. The highest BCUT2D eigenvalue weighted by molar-refractivity contribution is 5.84. The maximum Gasteiger partial charge on any atom is 0.243 e. The van der Waals surface area contributed by atoms with Gasteiger partial charge >= 0.3 is 0 Å². The van der Waals surface area contributed by atoms with Crippen LogP contribution < -0.4 is 10.6 Å². The van der Waals surface area contributed by atoms with Crippen molar-refractivity contribution in [3.05, 3.63) is 30.2 Å². The molecular weight excluding hydrogens is 282 g/mol. The molecule has 0 aromatic carbocycles. The molecule has 0 atom stereocenters. The first-order valence-electron chi connectivity index (χ1n) is 7.22. The molecule has 7 heteroatoms. The monoisotopic (exact) mass is 307 g/mol. The summed E-state index contributed by atoms with van der Waals surface area (Å²) in [5, 5.41) is 10.2. The summed E-state index contributed by atoms with van der Waals surface area (Å²) in [5.74, 6) is 1.50. The molecule has 0 radical (unpaired) electrons. The van der Waals surface area contributed by atoms with Crippen molar-refractivity contribution in [2.24, 2.45) is 4.99 Å². The van der Waals surface area contributed by atoms with Crippen LogP contribution in [0.1, 0.15) is 31.2 Å². The molecule has 2 N–H and O–H groups in total. The maximum absolute atomic E-state index is 11.6. The van der Waals surface area contributed by atoms with E-state index in [1.165, 1.54) is 4.90 Å². The number of aromatic nitrogens is 1. The van der Waals surface area contributed by atoms with Gasteiger partial charge in [0.15, 0.2) is 11.7 Å². The van der Waals surface area contributed by atoms with Gasteiger partial charge in [0.1, 0.15) is 6.54 Å². The van der Waals surface area contributed by atoms with Gasteiger partial charge in [-0.15, -0.1) is 6.58 Å². The number of hydrogen-bond acceptors (Lipinski definition) is 4. The Morgan fingerprint density at radius 2 is 2.23 bits per heavy atom. The Kier molecular flexibility index (Phi) is 7.15. The first-order valence-corrected chi connectivity index (χ1v) is 7.22. The minimum absolute atomic E-state index is 0.0681. The maximum atomic E-state index is 11.6. The summed E-state index contributed by atoms with van der Waals surface area (Å²) in [6, 6.07) is 1.91. The standard InChI is InChI=1S/C15H25N5O2/c1-6-7-16-15(18-10-14(21)20(4)5)17-9-12-8-13(11(2)3)19-22-12/h6,8,11H,1,7,9-10H2,2-5H3,(H2,16,17,18). The van der Waals surface area contributed by atoms with Crippen LogP contribution in [-0.4, -0.2) is 49.1 Å². The Morgan fingerprint density at radius 1 is 1.50 bits per heavy atom. The van der Waals surface area contributed by atoms with E-state index in [0.29, 0.717) is 25.0 Å². The van der Waals surface area contributed by atoms with Crippen LogP contribution in [0.15, 0.2) is 28.2 Å². The first-order chi connectivity index (χ1) is 10.4. The van der Waals surface area contributed by atoms with Crippen LogP contribution in [0.25, 0.3) is 0 Å². The molecule has 0 spiro atoms. The highest BCUT2D eigenvalue weighted by Gasteiger charge is 2.09. The molecule has 7 nitrogen and oxygen atoms in total. The van der Waals surface area contributed by atoms with Gasteiger partial charge in [-0.25, -0.2) is 4.99 Å². The smallest absolute Gasteiger partial charge is 0.243 e. The number of aliphatic imine (C=N–C) groups is 1. The van der Waals surface area contributed by atoms with Crippen LogP contribution in [0.3, 0.4) is 0 Å². The number of nitrogens with one attached hydrogen (secondary N) is 2. The van der Waals surface area contributed by atoms with Crippen LogP contribution in [-0.2, 0) is 11.3 Å². The third-order valence-corrected chi connectivity index (χ3v) is 2.88. The van der Waals surface area contributed by atoms with Gasteiger partial charge in [0.2, 0.25) is 5.91 Å². The summed E-state index contributed by atoms with van der Waals surface area (Å²) in [7, 11) is 3.40. The number of guanidine groups is 1. The molecule has 0 unspecified atom stereocenters. The van der Waals surface area contributed by atoms with E-state index >= 15 is 0 Å². The van der Waals surface area contributed by atoms with E-state index < -0.39 is 0 Å². The Hall–Kier alpha value is -2.31. The summed E-state index contributed by atoms with van der Waals surface area (Å²) >= 11 is 0. The highest BCUT2D eigenvalue weighted by atomic mass is 16.5. The van der Waals surface area contributed by atoms with E-state index in [1.54, 1.807) is 20.2 Å². The van der Waals surface area contributed by atoms with Crippen molar-refractivity contribution >= 4 is 11.9 Å². The second-order valence-corrected chi connectivity index (χ2v) is 5.35. The zero-order valence-corrected chi connectivity index (χ0v) is 13.7. The molecule has 1 rings (SSSR count). The van der Waals surface area contributed by atoms with Crippen LogP contribution in [0.4, 0.5) is 0 Å². The average molecular weight is 307 g/mol. The molecule has 0 aliphatic rings. The fraction of sp³-hybridized carbons (Fsp3) is 0.533. The van der Waals surface area contributed by atoms with Gasteiger partial charge in [-0.2, -0.15) is 0 Å². The topological polar surface area (TPSA) is 82.8 Å². The van der Waals surface area contributed by atoms with Crippen LogP contribution in [0.5, 0.6) is 0 Å². The summed E-state index contributed by atoms with van der Waals surface area (Å²) in [6.45, 7) is 8.83. The van der Waals surface area contributed by atoms with Crippen LogP contribution >= 0.6 is 0 Å². The Bertz CT molecular complexity index is 520. The lowest BCUT2D eigenvalue weighted by molar-refractivity contribution is -0.127. The Labute approximate surface area is 131 Å². The molecule has 0 saturated heterocycles. The number of rotatable bonds is 7. The molecule has 122 valence electrons. The second kappa shape index (κ2) is 8.86. The highest BCUT2D eigenvalue weighted by Crippen LogP contribution is 2.13. The molecule has 0 bridgehead atoms. The van der Waals surface area contributed by atoms with Crippen molar-refractivity contribution in [2.45, 2.75) is 26.3 Å². The largest absolute Gasteiger partial charge is 0.359 e. The number of nitrogens with zero attached hydrogens (tertiary/aromatic N) is 3. The summed E-state index contributed by atoms with van der Waals surface area (Å²) in [5.41, 5.74) is 0.914. The summed E-state index contributed by atoms with van der Waals surface area (Å²) in [6.07, 6.45) is 1.72. The third-order valence-electron chi connectivity index (χ3n) is 2.88. The molecule has 22 heavy (non-hydrogen) atoms. The molecule has 0 aliphatic heterocycles. The lowest BCUT2D eigenvalue weighted by atomic mass is 10.1. The van der Waals surface area contributed by atoms with E-state index in [4.69, 9.17) is 4.52 Å². The molecule has 1 amide bonds. The predicted molar refractivity (Wildman–Crippen MR) is 86.6 cm³/mol. The molecular formula is C15H25N5O2. The van der Waals surface area contributed by atoms with Crippen LogP contribution in [0, 0.1) is 0 Å². The van der Waals surface area contributed by atoms with Gasteiger partial charge in [0.05, 0.1) is 12.2 Å². The SMILES string of the molecule is C=CCNC(=NCC(=O)N(C)C)NCc1cc(C(C)C)no1. The zero-order valence-electron chi connectivity index (χ0n) is 13.7. The van der Waals surface area contributed by atoms with Crippen molar-refractivity contribution in [1.29, 1.82) is 0 Å².